The number of nitrogens with two attached hydrogens (primary N) is 1. The van der Waals surface area contributed by atoms with E-state index in [2.05, 4.69) is 10.4 Å². The van der Waals surface area contributed by atoms with Crippen LogP contribution in [0.5, 0.6) is 0 Å². The fourth-order valence-electron chi connectivity index (χ4n) is 1.85. The first kappa shape index (κ1) is 17.2. The lowest BCUT2D eigenvalue weighted by Crippen LogP contribution is -2.30. The summed E-state index contributed by atoms with van der Waals surface area (Å²) in [5.74, 6) is -0.102. The van der Waals surface area contributed by atoms with Crippen LogP contribution in [0.4, 0.5) is 0 Å². The highest BCUT2D eigenvalue weighted by atomic mass is 35.5. The molecule has 0 saturated heterocycles. The van der Waals surface area contributed by atoms with Gasteiger partial charge in [-0.05, 0) is 25.5 Å². The van der Waals surface area contributed by atoms with Crippen LogP contribution >= 0.6 is 12.4 Å². The minimum atomic E-state index is -0.232. The average molecular weight is 314 g/mol. The zero-order valence-corrected chi connectivity index (χ0v) is 12.7. The fraction of sp³-hybridized carbons (Fsp3) is 0.462. The Balaban J connectivity index is 0.00000220. The Morgan fingerprint density at radius 1 is 1.48 bits per heavy atom. The van der Waals surface area contributed by atoms with E-state index < -0.39 is 0 Å². The fourth-order valence-corrected chi connectivity index (χ4v) is 1.85. The number of halogens is 1. The monoisotopic (exact) mass is 313 g/mol. The van der Waals surface area contributed by atoms with Gasteiger partial charge in [-0.15, -0.1) is 17.5 Å². The minimum Gasteiger partial charge on any atom is -0.356 e. The molecule has 2 aromatic rings. The Kier molecular flexibility index (Phi) is 6.39. The second-order valence-corrected chi connectivity index (χ2v) is 4.80. The molecule has 0 saturated carbocycles. The van der Waals surface area contributed by atoms with Crippen LogP contribution in [0.2, 0.25) is 0 Å². The van der Waals surface area contributed by atoms with Gasteiger partial charge in [-0.2, -0.15) is 0 Å². The number of carbonyl (C=O) groups is 1. The predicted molar refractivity (Wildman–Crippen MR) is 82.6 cm³/mol. The number of amides is 1. The normalized spacial score (nSPS) is 11.9. The number of nitrogens with one attached hydrogen (secondary N) is 1. The number of fused-ring (bicyclic) bond motifs is 1. The lowest BCUT2D eigenvalue weighted by Gasteiger charge is -2.06. The lowest BCUT2D eigenvalue weighted by molar-refractivity contribution is -0.121. The molecule has 116 valence electrons. The molecule has 1 unspecified atom stereocenters. The zero-order valence-electron chi connectivity index (χ0n) is 11.9. The van der Waals surface area contributed by atoms with E-state index >= 15 is 0 Å². The van der Waals surface area contributed by atoms with Crippen LogP contribution in [0.15, 0.2) is 29.2 Å². The highest BCUT2D eigenvalue weighted by Gasteiger charge is 2.08. The summed E-state index contributed by atoms with van der Waals surface area (Å²) >= 11 is 0. The van der Waals surface area contributed by atoms with Gasteiger partial charge in [0.1, 0.15) is 0 Å². The summed E-state index contributed by atoms with van der Waals surface area (Å²) in [6.45, 7) is 2.71. The molecule has 2 aromatic heterocycles. The summed E-state index contributed by atoms with van der Waals surface area (Å²) in [6.07, 6.45) is 2.62. The third-order valence-electron chi connectivity index (χ3n) is 2.96. The van der Waals surface area contributed by atoms with Gasteiger partial charge in [0.2, 0.25) is 5.91 Å². The molecule has 2 rings (SSSR count). The van der Waals surface area contributed by atoms with Crippen LogP contribution in [0.3, 0.4) is 0 Å². The Hall–Kier alpha value is -1.86. The molecular formula is C13H20ClN5O2. The van der Waals surface area contributed by atoms with Crippen molar-refractivity contribution in [3.8, 4) is 0 Å². The van der Waals surface area contributed by atoms with Gasteiger partial charge in [-0.3, -0.25) is 9.20 Å². The second-order valence-electron chi connectivity index (χ2n) is 4.80. The van der Waals surface area contributed by atoms with E-state index in [-0.39, 0.29) is 43.0 Å². The molecule has 0 aliphatic heterocycles. The maximum Gasteiger partial charge on any atom is 0.350 e. The van der Waals surface area contributed by atoms with Crippen LogP contribution < -0.4 is 16.7 Å². The molecule has 0 radical (unpaired) electrons. The van der Waals surface area contributed by atoms with Crippen molar-refractivity contribution in [1.29, 1.82) is 0 Å². The second kappa shape index (κ2) is 7.80. The summed E-state index contributed by atoms with van der Waals surface area (Å²) < 4.78 is 2.76. The highest BCUT2D eigenvalue weighted by Crippen LogP contribution is 1.96. The van der Waals surface area contributed by atoms with Gasteiger partial charge in [0.05, 0.1) is 6.54 Å². The van der Waals surface area contributed by atoms with Gasteiger partial charge in [0.15, 0.2) is 5.65 Å². The van der Waals surface area contributed by atoms with Crippen molar-refractivity contribution in [3.63, 3.8) is 0 Å². The SMILES string of the molecule is CC(N)CCNC(=O)CCn1nc2ccccn2c1=O.Cl. The highest BCUT2D eigenvalue weighted by molar-refractivity contribution is 5.85. The van der Waals surface area contributed by atoms with Gasteiger partial charge in [-0.1, -0.05) is 6.07 Å². The van der Waals surface area contributed by atoms with Gasteiger partial charge in [-0.25, -0.2) is 9.48 Å². The molecule has 2 heterocycles. The van der Waals surface area contributed by atoms with Crippen molar-refractivity contribution in [3.05, 3.63) is 34.9 Å². The molecule has 1 atom stereocenters. The van der Waals surface area contributed by atoms with E-state index in [1.165, 1.54) is 9.08 Å². The summed E-state index contributed by atoms with van der Waals surface area (Å²) in [4.78, 5) is 23.6. The zero-order chi connectivity index (χ0) is 14.5. The number of rotatable bonds is 6. The lowest BCUT2D eigenvalue weighted by atomic mass is 10.2. The number of nitrogens with zero attached hydrogens (tertiary/aromatic N) is 3. The number of carbonyl (C=O) groups excluding carboxylic acids is 1. The molecule has 21 heavy (non-hydrogen) atoms. The van der Waals surface area contributed by atoms with E-state index in [0.29, 0.717) is 12.2 Å². The van der Waals surface area contributed by atoms with Gasteiger partial charge >= 0.3 is 5.69 Å². The third kappa shape index (κ3) is 4.57. The summed E-state index contributed by atoms with van der Waals surface area (Å²) in [5.41, 5.74) is 5.94. The molecule has 0 spiro atoms. The summed E-state index contributed by atoms with van der Waals surface area (Å²) in [5, 5.41) is 6.93. The van der Waals surface area contributed by atoms with Crippen molar-refractivity contribution in [1.82, 2.24) is 19.5 Å². The van der Waals surface area contributed by atoms with E-state index in [1.807, 2.05) is 13.0 Å². The van der Waals surface area contributed by atoms with Crippen LogP contribution in [-0.2, 0) is 11.3 Å². The molecule has 0 aromatic carbocycles. The smallest absolute Gasteiger partial charge is 0.350 e. The molecule has 8 heteroatoms. The van der Waals surface area contributed by atoms with Crippen LogP contribution in [0.1, 0.15) is 19.8 Å². The topological polar surface area (TPSA) is 94.4 Å². The van der Waals surface area contributed by atoms with E-state index in [4.69, 9.17) is 5.73 Å². The van der Waals surface area contributed by atoms with Crippen molar-refractivity contribution < 1.29 is 4.79 Å². The molecule has 0 aliphatic rings. The Labute approximate surface area is 128 Å². The number of aryl methyl sites for hydroxylation is 1. The average Bonchev–Trinajstić information content (AvgIpc) is 2.73. The first-order valence-corrected chi connectivity index (χ1v) is 6.64. The first-order chi connectivity index (χ1) is 9.58. The van der Waals surface area contributed by atoms with Crippen molar-refractivity contribution in [2.24, 2.45) is 5.73 Å². The van der Waals surface area contributed by atoms with E-state index in [9.17, 15) is 9.59 Å². The predicted octanol–water partition coefficient (Wildman–Crippen LogP) is 0.161. The van der Waals surface area contributed by atoms with Gasteiger partial charge in [0, 0.05) is 25.2 Å². The third-order valence-corrected chi connectivity index (χ3v) is 2.96. The van der Waals surface area contributed by atoms with Crippen molar-refractivity contribution in [2.45, 2.75) is 32.4 Å². The largest absolute Gasteiger partial charge is 0.356 e. The maximum absolute atomic E-state index is 12.0. The molecule has 3 N–H and O–H groups in total. The van der Waals surface area contributed by atoms with Crippen molar-refractivity contribution in [2.75, 3.05) is 6.54 Å². The number of pyridine rings is 1. The van der Waals surface area contributed by atoms with Gasteiger partial charge < -0.3 is 11.1 Å². The van der Waals surface area contributed by atoms with Crippen molar-refractivity contribution >= 4 is 24.0 Å². The number of hydrogen-bond acceptors (Lipinski definition) is 4. The quantitative estimate of drug-likeness (QED) is 0.794. The molecule has 0 bridgehead atoms. The molecular weight excluding hydrogens is 294 g/mol. The molecule has 0 aliphatic carbocycles. The van der Waals surface area contributed by atoms with E-state index in [1.54, 1.807) is 18.3 Å². The van der Waals surface area contributed by atoms with Crippen LogP contribution in [-0.4, -0.2) is 32.7 Å². The Morgan fingerprint density at radius 2 is 2.24 bits per heavy atom. The summed E-state index contributed by atoms with van der Waals surface area (Å²) in [7, 11) is 0. The maximum atomic E-state index is 12.0. The number of aromatic nitrogens is 3. The van der Waals surface area contributed by atoms with Gasteiger partial charge in [0.25, 0.3) is 0 Å². The molecule has 7 nitrogen and oxygen atoms in total. The molecule has 1 amide bonds. The first-order valence-electron chi connectivity index (χ1n) is 6.64. The Bertz CT molecular complexity index is 649. The van der Waals surface area contributed by atoms with E-state index in [0.717, 1.165) is 6.42 Å². The van der Waals surface area contributed by atoms with Crippen LogP contribution in [0, 0.1) is 0 Å². The minimum absolute atomic E-state index is 0. The van der Waals surface area contributed by atoms with Crippen LogP contribution in [0.25, 0.3) is 5.65 Å². The standard InChI is InChI=1S/C13H19N5O2.ClH/c1-10(14)5-7-15-12(19)6-9-18-13(20)17-8-3-2-4-11(17)16-18;/h2-4,8,10H,5-7,9,14H2,1H3,(H,15,19);1H. The Morgan fingerprint density at radius 3 is 2.90 bits per heavy atom. The molecule has 0 fully saturated rings. The number of hydrogen-bond donors (Lipinski definition) is 2. The summed E-state index contributed by atoms with van der Waals surface area (Å²) in [6, 6.07) is 5.39.